The van der Waals surface area contributed by atoms with Crippen molar-refractivity contribution in [3.63, 3.8) is 0 Å². The molecule has 172 valence electrons. The molecule has 9 nitrogen and oxygen atoms in total. The Morgan fingerprint density at radius 2 is 1.94 bits per heavy atom. The van der Waals surface area contributed by atoms with Gasteiger partial charge in [-0.2, -0.15) is 14.6 Å². The summed E-state index contributed by atoms with van der Waals surface area (Å²) in [5.41, 5.74) is 1.34. The number of hydrogen-bond acceptors (Lipinski definition) is 8. The van der Waals surface area contributed by atoms with Gasteiger partial charge in [-0.25, -0.2) is 14.4 Å². The molecule has 5 rings (SSSR count). The van der Waals surface area contributed by atoms with Gasteiger partial charge in [0.2, 0.25) is 17.7 Å². The summed E-state index contributed by atoms with van der Waals surface area (Å²) in [6.07, 6.45) is 8.20. The molecule has 1 aliphatic rings. The van der Waals surface area contributed by atoms with E-state index in [1.54, 1.807) is 23.0 Å². The lowest BCUT2D eigenvalue weighted by molar-refractivity contribution is 0.130. The molecule has 0 radical (unpaired) electrons. The Balaban J connectivity index is 1.31. The molecule has 0 aliphatic heterocycles. The van der Waals surface area contributed by atoms with Crippen LogP contribution in [0.15, 0.2) is 35.2 Å². The SMILES string of the molecule is COc1cc(F)c(-c2cnn3c(OC4CCC(c5nc(C(C)C)no5)CC4)ccnc23)cn1. The van der Waals surface area contributed by atoms with Gasteiger partial charge >= 0.3 is 0 Å². The number of fused-ring (bicyclic) bond motifs is 1. The minimum absolute atomic E-state index is 0.0337. The lowest BCUT2D eigenvalue weighted by atomic mass is 9.87. The Morgan fingerprint density at radius 3 is 2.64 bits per heavy atom. The Kier molecular flexibility index (Phi) is 5.65. The van der Waals surface area contributed by atoms with E-state index in [4.69, 9.17) is 14.0 Å². The van der Waals surface area contributed by atoms with Gasteiger partial charge in [-0.15, -0.1) is 0 Å². The van der Waals surface area contributed by atoms with Crippen LogP contribution in [0.4, 0.5) is 4.39 Å². The van der Waals surface area contributed by atoms with Crippen LogP contribution >= 0.6 is 0 Å². The van der Waals surface area contributed by atoms with Crippen molar-refractivity contribution in [3.05, 3.63) is 48.3 Å². The highest BCUT2D eigenvalue weighted by Crippen LogP contribution is 2.35. The fraction of sp³-hybridized carbons (Fsp3) is 0.435. The molecule has 33 heavy (non-hydrogen) atoms. The summed E-state index contributed by atoms with van der Waals surface area (Å²) >= 11 is 0. The number of methoxy groups -OCH3 is 1. The fourth-order valence-electron chi connectivity index (χ4n) is 4.12. The fourth-order valence-corrected chi connectivity index (χ4v) is 4.12. The van der Waals surface area contributed by atoms with E-state index in [-0.39, 0.29) is 23.8 Å². The number of hydrogen-bond donors (Lipinski definition) is 0. The third-order valence-electron chi connectivity index (χ3n) is 5.98. The molecule has 0 amide bonds. The van der Waals surface area contributed by atoms with E-state index in [2.05, 4.69) is 39.1 Å². The van der Waals surface area contributed by atoms with Crippen molar-refractivity contribution in [1.29, 1.82) is 0 Å². The molecule has 1 fully saturated rings. The molecule has 4 heterocycles. The predicted molar refractivity (Wildman–Crippen MR) is 117 cm³/mol. The molecule has 4 aromatic rings. The molecular weight excluding hydrogens is 427 g/mol. The van der Waals surface area contributed by atoms with E-state index in [1.807, 2.05) is 0 Å². The zero-order chi connectivity index (χ0) is 22.9. The van der Waals surface area contributed by atoms with Gasteiger partial charge < -0.3 is 14.0 Å². The van der Waals surface area contributed by atoms with Gasteiger partial charge in [-0.3, -0.25) is 0 Å². The highest BCUT2D eigenvalue weighted by Gasteiger charge is 2.28. The predicted octanol–water partition coefficient (Wildman–Crippen LogP) is 4.55. The zero-order valence-corrected chi connectivity index (χ0v) is 18.7. The third kappa shape index (κ3) is 4.12. The topological polar surface area (TPSA) is 100 Å². The lowest BCUT2D eigenvalue weighted by Gasteiger charge is -2.27. The summed E-state index contributed by atoms with van der Waals surface area (Å²) in [6.45, 7) is 4.10. The minimum atomic E-state index is -0.454. The highest BCUT2D eigenvalue weighted by atomic mass is 19.1. The maximum atomic E-state index is 14.6. The number of aromatic nitrogens is 6. The maximum Gasteiger partial charge on any atom is 0.229 e. The molecule has 0 N–H and O–H groups in total. The second kappa shape index (κ2) is 8.76. The molecular formula is C23H25FN6O3. The first-order valence-electron chi connectivity index (χ1n) is 11.1. The average Bonchev–Trinajstić information content (AvgIpc) is 3.48. The van der Waals surface area contributed by atoms with Crippen LogP contribution in [0.5, 0.6) is 11.8 Å². The minimum Gasteiger partial charge on any atom is -0.481 e. The van der Waals surface area contributed by atoms with Gasteiger partial charge in [0.15, 0.2) is 11.5 Å². The Morgan fingerprint density at radius 1 is 1.12 bits per heavy atom. The summed E-state index contributed by atoms with van der Waals surface area (Å²) in [6, 6.07) is 3.01. The van der Waals surface area contributed by atoms with Crippen LogP contribution in [0, 0.1) is 5.82 Å². The van der Waals surface area contributed by atoms with E-state index in [1.165, 1.54) is 19.4 Å². The summed E-state index contributed by atoms with van der Waals surface area (Å²) in [5.74, 6) is 2.29. The van der Waals surface area contributed by atoms with Gasteiger partial charge in [0, 0.05) is 41.9 Å². The van der Waals surface area contributed by atoms with Gasteiger partial charge in [0.05, 0.1) is 18.9 Å². The van der Waals surface area contributed by atoms with Crippen molar-refractivity contribution in [2.45, 2.75) is 57.5 Å². The first-order chi connectivity index (χ1) is 16.0. The van der Waals surface area contributed by atoms with Crippen LogP contribution in [-0.4, -0.2) is 42.9 Å². The number of nitrogens with zero attached hydrogens (tertiary/aromatic N) is 6. The molecule has 0 bridgehead atoms. The maximum absolute atomic E-state index is 14.6. The van der Waals surface area contributed by atoms with Crippen LogP contribution in [0.3, 0.4) is 0 Å². The van der Waals surface area contributed by atoms with E-state index in [0.717, 1.165) is 37.4 Å². The van der Waals surface area contributed by atoms with Gasteiger partial charge in [0.1, 0.15) is 11.9 Å². The molecule has 4 aromatic heterocycles. The van der Waals surface area contributed by atoms with Crippen molar-refractivity contribution >= 4 is 5.65 Å². The van der Waals surface area contributed by atoms with Gasteiger partial charge in [0.25, 0.3) is 0 Å². The second-order valence-electron chi connectivity index (χ2n) is 8.52. The van der Waals surface area contributed by atoms with E-state index >= 15 is 0 Å². The molecule has 1 saturated carbocycles. The first kappa shape index (κ1) is 21.3. The van der Waals surface area contributed by atoms with E-state index in [0.29, 0.717) is 22.7 Å². The zero-order valence-electron chi connectivity index (χ0n) is 18.7. The highest BCUT2D eigenvalue weighted by molar-refractivity contribution is 5.77. The van der Waals surface area contributed by atoms with Crippen molar-refractivity contribution in [1.82, 2.24) is 29.7 Å². The molecule has 0 atom stereocenters. The summed E-state index contributed by atoms with van der Waals surface area (Å²) in [4.78, 5) is 13.0. The van der Waals surface area contributed by atoms with Crippen LogP contribution < -0.4 is 9.47 Å². The molecule has 0 aromatic carbocycles. The van der Waals surface area contributed by atoms with Crippen LogP contribution in [-0.2, 0) is 0 Å². The molecule has 1 aliphatic carbocycles. The monoisotopic (exact) mass is 452 g/mol. The third-order valence-corrected chi connectivity index (χ3v) is 5.98. The average molecular weight is 452 g/mol. The number of ether oxygens (including phenoxy) is 2. The largest absolute Gasteiger partial charge is 0.481 e. The standard InChI is InChI=1S/C23H25FN6O3/c1-13(2)21-28-23(33-29-21)14-4-6-15(7-5-14)32-20-8-9-25-22-17(12-27-30(20)22)16-11-26-19(31-3)10-18(16)24/h8-15H,4-7H2,1-3H3. The Bertz CT molecular complexity index is 1260. The van der Waals surface area contributed by atoms with Crippen molar-refractivity contribution in [2.24, 2.45) is 0 Å². The number of rotatable bonds is 6. The van der Waals surface area contributed by atoms with E-state index < -0.39 is 5.82 Å². The van der Waals surface area contributed by atoms with Crippen molar-refractivity contribution in [2.75, 3.05) is 7.11 Å². The smallest absolute Gasteiger partial charge is 0.229 e. The molecule has 0 spiro atoms. The second-order valence-corrected chi connectivity index (χ2v) is 8.52. The number of pyridine rings is 1. The summed E-state index contributed by atoms with van der Waals surface area (Å²) in [7, 11) is 1.44. The van der Waals surface area contributed by atoms with Gasteiger partial charge in [-0.1, -0.05) is 19.0 Å². The number of halogens is 1. The Labute approximate surface area is 190 Å². The van der Waals surface area contributed by atoms with Crippen molar-refractivity contribution < 1.29 is 18.4 Å². The lowest BCUT2D eigenvalue weighted by Crippen LogP contribution is -2.24. The molecule has 10 heteroatoms. The summed E-state index contributed by atoms with van der Waals surface area (Å²) in [5, 5.41) is 8.48. The summed E-state index contributed by atoms with van der Waals surface area (Å²) < 4.78 is 32.9. The van der Waals surface area contributed by atoms with Crippen LogP contribution in [0.25, 0.3) is 16.8 Å². The molecule has 0 saturated heterocycles. The van der Waals surface area contributed by atoms with Gasteiger partial charge in [-0.05, 0) is 25.7 Å². The van der Waals surface area contributed by atoms with E-state index in [9.17, 15) is 4.39 Å². The first-order valence-corrected chi connectivity index (χ1v) is 11.1. The van der Waals surface area contributed by atoms with Crippen molar-refractivity contribution in [3.8, 4) is 22.9 Å². The normalized spacial score (nSPS) is 18.7. The molecule has 0 unspecified atom stereocenters. The van der Waals surface area contributed by atoms with Crippen LogP contribution in [0.2, 0.25) is 0 Å². The quantitative estimate of drug-likeness (QED) is 0.420. The Hall–Kier alpha value is -3.56. The van der Waals surface area contributed by atoms with Crippen LogP contribution in [0.1, 0.15) is 63.1 Å².